The fourth-order valence-electron chi connectivity index (χ4n) is 1.27. The van der Waals surface area contributed by atoms with Crippen molar-refractivity contribution in [3.63, 3.8) is 0 Å². The Morgan fingerprint density at radius 1 is 1.57 bits per heavy atom. The molecule has 1 aliphatic rings. The van der Waals surface area contributed by atoms with E-state index in [1.165, 1.54) is 12.8 Å². The van der Waals surface area contributed by atoms with Crippen molar-refractivity contribution in [3.05, 3.63) is 12.2 Å². The van der Waals surface area contributed by atoms with Gasteiger partial charge in [0.15, 0.2) is 0 Å². The van der Waals surface area contributed by atoms with Crippen molar-refractivity contribution in [2.75, 3.05) is 39.1 Å². The van der Waals surface area contributed by atoms with E-state index < -0.39 is 0 Å². The molecule has 1 aliphatic carbocycles. The molecule has 2 nitrogen and oxygen atoms in total. The van der Waals surface area contributed by atoms with Crippen LogP contribution < -0.4 is 0 Å². The smallest absolute Gasteiger partial charge is 0.0593 e. The number of thiol groups is 1. The van der Waals surface area contributed by atoms with Crippen LogP contribution in [0.3, 0.4) is 0 Å². The molecule has 0 spiro atoms. The Balaban J connectivity index is 1.90. The summed E-state index contributed by atoms with van der Waals surface area (Å²) in [6.45, 7) is 7.63. The van der Waals surface area contributed by atoms with Crippen molar-refractivity contribution in [2.45, 2.75) is 12.8 Å². The van der Waals surface area contributed by atoms with Crippen molar-refractivity contribution in [3.8, 4) is 0 Å². The van der Waals surface area contributed by atoms with Crippen LogP contribution in [0.2, 0.25) is 0 Å². The zero-order valence-electron chi connectivity index (χ0n) is 9.04. The lowest BCUT2D eigenvalue weighted by atomic mass is 10.3. The summed E-state index contributed by atoms with van der Waals surface area (Å²) in [4.78, 5) is 2.23. The van der Waals surface area contributed by atoms with Crippen LogP contribution in [0.1, 0.15) is 12.8 Å². The second-order valence-electron chi connectivity index (χ2n) is 4.16. The molecule has 1 fully saturated rings. The molecule has 0 radical (unpaired) electrons. The van der Waals surface area contributed by atoms with Gasteiger partial charge in [-0.25, -0.2) is 0 Å². The highest BCUT2D eigenvalue weighted by atomic mass is 32.1. The van der Waals surface area contributed by atoms with Gasteiger partial charge in [-0.15, -0.1) is 0 Å². The van der Waals surface area contributed by atoms with Crippen molar-refractivity contribution in [1.82, 2.24) is 4.90 Å². The molecule has 0 aromatic heterocycles. The van der Waals surface area contributed by atoms with Crippen LogP contribution in [0, 0.1) is 5.92 Å². The van der Waals surface area contributed by atoms with E-state index in [1.807, 2.05) is 0 Å². The molecule has 0 unspecified atom stereocenters. The third kappa shape index (κ3) is 5.68. The zero-order chi connectivity index (χ0) is 10.4. The normalized spacial score (nSPS) is 16.2. The SMILES string of the molecule is C=C(CS)CN(C)CCOCC1CC1. The average Bonchev–Trinajstić information content (AvgIpc) is 2.96. The number of ether oxygens (including phenoxy) is 1. The number of likely N-dealkylation sites (N-methyl/N-ethyl adjacent to an activating group) is 1. The van der Waals surface area contributed by atoms with Gasteiger partial charge < -0.3 is 9.64 Å². The van der Waals surface area contributed by atoms with E-state index in [9.17, 15) is 0 Å². The minimum atomic E-state index is 0.771. The lowest BCUT2D eigenvalue weighted by Crippen LogP contribution is -2.25. The molecule has 0 amide bonds. The molecule has 1 rings (SSSR count). The molecule has 0 heterocycles. The molecule has 0 saturated heterocycles. The van der Waals surface area contributed by atoms with Gasteiger partial charge in [0.1, 0.15) is 0 Å². The zero-order valence-corrected chi connectivity index (χ0v) is 9.93. The summed E-state index contributed by atoms with van der Waals surface area (Å²) in [7, 11) is 2.09. The summed E-state index contributed by atoms with van der Waals surface area (Å²) in [5.41, 5.74) is 1.16. The third-order valence-corrected chi connectivity index (χ3v) is 2.83. The second kappa shape index (κ2) is 6.49. The largest absolute Gasteiger partial charge is 0.380 e. The summed E-state index contributed by atoms with van der Waals surface area (Å²) in [6.07, 6.45) is 2.73. The molecule has 82 valence electrons. The van der Waals surface area contributed by atoms with E-state index in [-0.39, 0.29) is 0 Å². The molecule has 3 heteroatoms. The second-order valence-corrected chi connectivity index (χ2v) is 4.48. The van der Waals surface area contributed by atoms with Crippen molar-refractivity contribution < 1.29 is 4.74 Å². The van der Waals surface area contributed by atoms with Crippen molar-refractivity contribution in [1.29, 1.82) is 0 Å². The number of hydrogen-bond acceptors (Lipinski definition) is 3. The minimum Gasteiger partial charge on any atom is -0.380 e. The van der Waals surface area contributed by atoms with Gasteiger partial charge in [-0.05, 0) is 25.8 Å². The summed E-state index contributed by atoms with van der Waals surface area (Å²) >= 11 is 4.18. The number of hydrogen-bond donors (Lipinski definition) is 1. The first-order chi connectivity index (χ1) is 6.72. The average molecular weight is 215 g/mol. The van der Waals surface area contributed by atoms with Gasteiger partial charge in [0.05, 0.1) is 6.61 Å². The van der Waals surface area contributed by atoms with Crippen LogP contribution in [0.15, 0.2) is 12.2 Å². The molecule has 0 atom stereocenters. The maximum atomic E-state index is 5.55. The highest BCUT2D eigenvalue weighted by Gasteiger charge is 2.20. The van der Waals surface area contributed by atoms with Gasteiger partial charge in [-0.1, -0.05) is 12.2 Å². The molecular formula is C11H21NOS. The molecule has 0 aromatic rings. The Labute approximate surface area is 92.7 Å². The van der Waals surface area contributed by atoms with Crippen molar-refractivity contribution in [2.24, 2.45) is 5.92 Å². The van der Waals surface area contributed by atoms with Gasteiger partial charge in [-0.2, -0.15) is 12.6 Å². The molecule has 1 saturated carbocycles. The van der Waals surface area contributed by atoms with Gasteiger partial charge in [0.2, 0.25) is 0 Å². The highest BCUT2D eigenvalue weighted by molar-refractivity contribution is 7.80. The lowest BCUT2D eigenvalue weighted by molar-refractivity contribution is 0.106. The predicted octanol–water partition coefficient (Wildman–Crippen LogP) is 1.83. The Hall–Kier alpha value is 0.01000. The Kier molecular flexibility index (Phi) is 5.60. The summed E-state index contributed by atoms with van der Waals surface area (Å²) in [5, 5.41) is 0. The summed E-state index contributed by atoms with van der Waals surface area (Å²) < 4.78 is 5.55. The lowest BCUT2D eigenvalue weighted by Gasteiger charge is -2.17. The maximum Gasteiger partial charge on any atom is 0.0593 e. The molecule has 14 heavy (non-hydrogen) atoms. The minimum absolute atomic E-state index is 0.771. The Bertz CT molecular complexity index is 180. The van der Waals surface area contributed by atoms with Crippen molar-refractivity contribution >= 4 is 12.6 Å². The van der Waals surface area contributed by atoms with E-state index >= 15 is 0 Å². The van der Waals surface area contributed by atoms with Crippen LogP contribution in [0.25, 0.3) is 0 Å². The van der Waals surface area contributed by atoms with Crippen LogP contribution >= 0.6 is 12.6 Å². The topological polar surface area (TPSA) is 12.5 Å². The summed E-state index contributed by atoms with van der Waals surface area (Å²) in [5.74, 6) is 1.64. The van der Waals surface area contributed by atoms with E-state index in [1.54, 1.807) is 0 Å². The molecule has 0 aromatic carbocycles. The third-order valence-electron chi connectivity index (χ3n) is 2.38. The highest BCUT2D eigenvalue weighted by Crippen LogP contribution is 2.28. The van der Waals surface area contributed by atoms with Crippen LogP contribution in [0.5, 0.6) is 0 Å². The van der Waals surface area contributed by atoms with E-state index in [0.29, 0.717) is 0 Å². The van der Waals surface area contributed by atoms with E-state index in [0.717, 1.165) is 43.5 Å². The quantitative estimate of drug-likeness (QED) is 0.377. The number of nitrogens with zero attached hydrogens (tertiary/aromatic N) is 1. The maximum absolute atomic E-state index is 5.55. The standard InChI is InChI=1S/C11H21NOS/c1-10(9-14)7-12(2)5-6-13-8-11-3-4-11/h11,14H,1,3-9H2,2H3. The Morgan fingerprint density at radius 2 is 2.29 bits per heavy atom. The van der Waals surface area contributed by atoms with Crippen LogP contribution in [-0.4, -0.2) is 44.0 Å². The fraction of sp³-hybridized carbons (Fsp3) is 0.818. The van der Waals surface area contributed by atoms with Crippen LogP contribution in [-0.2, 0) is 4.74 Å². The van der Waals surface area contributed by atoms with Gasteiger partial charge in [0.25, 0.3) is 0 Å². The van der Waals surface area contributed by atoms with Gasteiger partial charge in [0, 0.05) is 25.4 Å². The first kappa shape index (κ1) is 12.1. The van der Waals surface area contributed by atoms with E-state index in [4.69, 9.17) is 4.74 Å². The number of rotatable bonds is 8. The Morgan fingerprint density at radius 3 is 2.86 bits per heavy atom. The predicted molar refractivity (Wildman–Crippen MR) is 64.0 cm³/mol. The van der Waals surface area contributed by atoms with Gasteiger partial charge in [-0.3, -0.25) is 0 Å². The first-order valence-electron chi connectivity index (χ1n) is 5.26. The first-order valence-corrected chi connectivity index (χ1v) is 5.89. The van der Waals surface area contributed by atoms with E-state index in [2.05, 4.69) is 31.2 Å². The molecule has 0 aliphatic heterocycles. The van der Waals surface area contributed by atoms with Gasteiger partial charge >= 0.3 is 0 Å². The summed E-state index contributed by atoms with van der Waals surface area (Å²) in [6, 6.07) is 0. The monoisotopic (exact) mass is 215 g/mol. The van der Waals surface area contributed by atoms with Crippen LogP contribution in [0.4, 0.5) is 0 Å². The fourth-order valence-corrected chi connectivity index (χ4v) is 1.37. The molecule has 0 N–H and O–H groups in total. The molecular weight excluding hydrogens is 194 g/mol. The molecule has 0 bridgehead atoms.